The molecule has 1 aliphatic heterocycles. The maximum atomic E-state index is 13.7. The van der Waals surface area contributed by atoms with E-state index in [2.05, 4.69) is 5.32 Å². The molecule has 3 aromatic rings. The zero-order valence-corrected chi connectivity index (χ0v) is 21.0. The highest BCUT2D eigenvalue weighted by molar-refractivity contribution is 7.92. The maximum Gasteiger partial charge on any atom is 0.338 e. The number of rotatable bonds is 8. The summed E-state index contributed by atoms with van der Waals surface area (Å²) in [6.07, 6.45) is 0. The van der Waals surface area contributed by atoms with E-state index in [4.69, 9.17) is 14.2 Å². The molecule has 11 heteroatoms. The molecule has 0 saturated carbocycles. The number of nitrogens with one attached hydrogen (secondary N) is 1. The number of sulfonamides is 1. The number of hydrogen-bond acceptors (Lipinski definition) is 7. The van der Waals surface area contributed by atoms with Gasteiger partial charge in [0, 0.05) is 11.8 Å². The monoisotopic (exact) mass is 528 g/mol. The molecule has 0 atom stereocenters. The average molecular weight is 529 g/mol. The second-order valence-electron chi connectivity index (χ2n) is 8.04. The van der Waals surface area contributed by atoms with Crippen molar-refractivity contribution >= 4 is 33.3 Å². The van der Waals surface area contributed by atoms with E-state index in [1.807, 2.05) is 0 Å². The van der Waals surface area contributed by atoms with Crippen molar-refractivity contribution in [3.63, 3.8) is 0 Å². The highest BCUT2D eigenvalue weighted by Gasteiger charge is 2.29. The summed E-state index contributed by atoms with van der Waals surface area (Å²) < 4.78 is 57.8. The molecule has 1 N–H and O–H groups in total. The third-order valence-corrected chi connectivity index (χ3v) is 7.38. The second-order valence-corrected chi connectivity index (χ2v) is 9.90. The van der Waals surface area contributed by atoms with E-state index in [0.717, 1.165) is 16.4 Å². The number of benzene rings is 3. The molecule has 1 heterocycles. The Kier molecular flexibility index (Phi) is 7.63. The number of anilines is 2. The van der Waals surface area contributed by atoms with E-state index in [1.54, 1.807) is 32.0 Å². The van der Waals surface area contributed by atoms with Crippen LogP contribution in [0.3, 0.4) is 0 Å². The smallest absolute Gasteiger partial charge is 0.338 e. The van der Waals surface area contributed by atoms with Crippen LogP contribution in [-0.4, -0.2) is 46.7 Å². The van der Waals surface area contributed by atoms with E-state index in [1.165, 1.54) is 30.3 Å². The third-order valence-electron chi connectivity index (χ3n) is 5.61. The molecule has 9 nitrogen and oxygen atoms in total. The van der Waals surface area contributed by atoms with Crippen LogP contribution in [0.4, 0.5) is 15.8 Å². The van der Waals surface area contributed by atoms with Crippen molar-refractivity contribution in [2.45, 2.75) is 18.7 Å². The lowest BCUT2D eigenvalue weighted by Crippen LogP contribution is -2.38. The Hall–Kier alpha value is -4.12. The van der Waals surface area contributed by atoms with Crippen LogP contribution in [0.5, 0.6) is 11.5 Å². The first-order valence-corrected chi connectivity index (χ1v) is 12.9. The molecule has 3 aromatic carbocycles. The number of hydrogen-bond donors (Lipinski definition) is 1. The molecule has 1 aliphatic rings. The van der Waals surface area contributed by atoms with E-state index in [-0.39, 0.29) is 35.1 Å². The fraction of sp³-hybridized carbons (Fsp3) is 0.231. The lowest BCUT2D eigenvalue weighted by atomic mass is 10.1. The van der Waals surface area contributed by atoms with Crippen LogP contribution in [0.1, 0.15) is 22.8 Å². The van der Waals surface area contributed by atoms with E-state index < -0.39 is 34.3 Å². The second kappa shape index (κ2) is 10.9. The number of carbonyl (C=O) groups is 2. The molecule has 0 aromatic heterocycles. The predicted octanol–water partition coefficient (Wildman–Crippen LogP) is 3.92. The summed E-state index contributed by atoms with van der Waals surface area (Å²) in [6, 6.07) is 13.6. The third kappa shape index (κ3) is 5.67. The first kappa shape index (κ1) is 26.0. The SMILES string of the molecule is CCOC(=O)c1cccc(NC(=O)CN(c2ccc(F)cc2)S(=O)(=O)c2ccc3c(c2)OCCO3)c1C. The highest BCUT2D eigenvalue weighted by Crippen LogP contribution is 2.34. The number of esters is 1. The Morgan fingerprint density at radius 2 is 1.73 bits per heavy atom. The van der Waals surface area contributed by atoms with Gasteiger partial charge < -0.3 is 19.5 Å². The molecule has 1 amide bonds. The van der Waals surface area contributed by atoms with Gasteiger partial charge in [-0.25, -0.2) is 17.6 Å². The highest BCUT2D eigenvalue weighted by atomic mass is 32.2. The first-order valence-electron chi connectivity index (χ1n) is 11.4. The van der Waals surface area contributed by atoms with Crippen molar-refractivity contribution < 1.29 is 36.6 Å². The first-order chi connectivity index (χ1) is 17.7. The summed E-state index contributed by atoms with van der Waals surface area (Å²) in [5.41, 5.74) is 1.16. The van der Waals surface area contributed by atoms with Gasteiger partial charge in [0.15, 0.2) is 11.5 Å². The summed E-state index contributed by atoms with van der Waals surface area (Å²) in [4.78, 5) is 25.2. The molecule has 0 unspecified atom stereocenters. The normalized spacial score (nSPS) is 12.5. The van der Waals surface area contributed by atoms with E-state index in [9.17, 15) is 22.4 Å². The lowest BCUT2D eigenvalue weighted by Gasteiger charge is -2.25. The van der Waals surface area contributed by atoms with Crippen LogP contribution in [0.25, 0.3) is 0 Å². The Morgan fingerprint density at radius 1 is 1.03 bits per heavy atom. The Bertz CT molecular complexity index is 1430. The van der Waals surface area contributed by atoms with Crippen LogP contribution in [0.2, 0.25) is 0 Å². The van der Waals surface area contributed by atoms with Crippen LogP contribution in [0.15, 0.2) is 65.6 Å². The van der Waals surface area contributed by atoms with Gasteiger partial charge in [-0.05, 0) is 67.9 Å². The van der Waals surface area contributed by atoms with E-state index in [0.29, 0.717) is 23.6 Å². The summed E-state index contributed by atoms with van der Waals surface area (Å²) in [7, 11) is -4.29. The largest absolute Gasteiger partial charge is 0.486 e. The van der Waals surface area contributed by atoms with Crippen LogP contribution < -0.4 is 19.1 Å². The summed E-state index contributed by atoms with van der Waals surface area (Å²) in [5, 5.41) is 2.66. The zero-order valence-electron chi connectivity index (χ0n) is 20.2. The summed E-state index contributed by atoms with van der Waals surface area (Å²) in [6.45, 7) is 3.52. The predicted molar refractivity (Wildman–Crippen MR) is 134 cm³/mol. The van der Waals surface area contributed by atoms with Crippen molar-refractivity contribution in [1.82, 2.24) is 0 Å². The molecule has 194 valence electrons. The molecular formula is C26H25FN2O7S. The van der Waals surface area contributed by atoms with Gasteiger partial charge in [-0.1, -0.05) is 6.07 Å². The quantitative estimate of drug-likeness (QED) is 0.441. The number of halogens is 1. The van der Waals surface area contributed by atoms with Gasteiger partial charge in [0.1, 0.15) is 25.6 Å². The van der Waals surface area contributed by atoms with Gasteiger partial charge in [-0.15, -0.1) is 0 Å². The van der Waals surface area contributed by atoms with Crippen LogP contribution >= 0.6 is 0 Å². The molecule has 0 fully saturated rings. The molecule has 37 heavy (non-hydrogen) atoms. The number of carbonyl (C=O) groups excluding carboxylic acids is 2. The number of ether oxygens (including phenoxy) is 3. The number of amides is 1. The van der Waals surface area contributed by atoms with Crippen molar-refractivity contribution in [2.75, 3.05) is 36.0 Å². The van der Waals surface area contributed by atoms with Gasteiger partial charge in [0.25, 0.3) is 10.0 Å². The Morgan fingerprint density at radius 3 is 2.43 bits per heavy atom. The van der Waals surface area contributed by atoms with Gasteiger partial charge in [-0.3, -0.25) is 9.10 Å². The van der Waals surface area contributed by atoms with E-state index >= 15 is 0 Å². The number of nitrogens with zero attached hydrogens (tertiary/aromatic N) is 1. The lowest BCUT2D eigenvalue weighted by molar-refractivity contribution is -0.114. The summed E-state index contributed by atoms with van der Waals surface area (Å²) >= 11 is 0. The van der Waals surface area contributed by atoms with Gasteiger partial charge in [-0.2, -0.15) is 0 Å². The molecule has 0 bridgehead atoms. The standard InChI is InChI=1S/C26H25FN2O7S/c1-3-34-26(31)21-5-4-6-22(17(21)2)28-25(30)16-29(19-9-7-18(27)8-10-19)37(32,33)20-11-12-23-24(15-20)36-14-13-35-23/h4-12,15H,3,13-14,16H2,1-2H3,(H,28,30). The minimum Gasteiger partial charge on any atom is -0.486 e. The molecule has 0 aliphatic carbocycles. The zero-order chi connectivity index (χ0) is 26.6. The van der Waals surface area contributed by atoms with Gasteiger partial charge >= 0.3 is 5.97 Å². The van der Waals surface area contributed by atoms with Crippen LogP contribution in [-0.2, 0) is 19.6 Å². The molecule has 0 saturated heterocycles. The van der Waals surface area contributed by atoms with Crippen molar-refractivity contribution in [3.8, 4) is 11.5 Å². The summed E-state index contributed by atoms with van der Waals surface area (Å²) in [5.74, 6) is -1.09. The maximum absolute atomic E-state index is 13.7. The average Bonchev–Trinajstić information content (AvgIpc) is 2.89. The molecular weight excluding hydrogens is 503 g/mol. The van der Waals surface area contributed by atoms with Crippen molar-refractivity contribution in [2.24, 2.45) is 0 Å². The van der Waals surface area contributed by atoms with Gasteiger partial charge in [0.05, 0.1) is 22.8 Å². The minimum atomic E-state index is -4.29. The molecule has 0 spiro atoms. The Balaban J connectivity index is 1.65. The van der Waals surface area contributed by atoms with Crippen molar-refractivity contribution in [3.05, 3.63) is 77.6 Å². The van der Waals surface area contributed by atoms with Gasteiger partial charge in [0.2, 0.25) is 5.91 Å². The van der Waals surface area contributed by atoms with Crippen molar-refractivity contribution in [1.29, 1.82) is 0 Å². The fourth-order valence-corrected chi connectivity index (χ4v) is 5.19. The number of fused-ring (bicyclic) bond motifs is 1. The molecule has 4 rings (SSSR count). The Labute approximate surface area is 213 Å². The van der Waals surface area contributed by atoms with Crippen LogP contribution in [0, 0.1) is 12.7 Å². The molecule has 0 radical (unpaired) electrons. The fourth-order valence-electron chi connectivity index (χ4n) is 3.75. The minimum absolute atomic E-state index is 0.0865. The topological polar surface area (TPSA) is 111 Å².